The van der Waals surface area contributed by atoms with Gasteiger partial charge >= 0.3 is 0 Å². The standard InChI is InChI=1S/C24H25N5O5S/c1-15-21-16(2)34-24(22(21)23(31)27-26-15)25-20(30)14-28-9-11-29(12-10-28)35(32,33)19-8-7-17-5-3-4-6-18(17)13-19/h3-8,13H,9-12,14H2,1-2H3,(H,25,30)(H,27,31). The first-order valence-corrected chi connectivity index (χ1v) is 12.7. The number of anilines is 1. The van der Waals surface area contributed by atoms with Gasteiger partial charge in [0.15, 0.2) is 0 Å². The molecule has 4 aromatic rings. The van der Waals surface area contributed by atoms with Gasteiger partial charge < -0.3 is 4.42 Å². The minimum Gasteiger partial charge on any atom is -0.444 e. The maximum Gasteiger partial charge on any atom is 0.277 e. The van der Waals surface area contributed by atoms with Crippen LogP contribution >= 0.6 is 0 Å². The van der Waals surface area contributed by atoms with Crippen molar-refractivity contribution in [1.82, 2.24) is 19.4 Å². The Bertz CT molecular complexity index is 1600. The quantitative estimate of drug-likeness (QED) is 0.434. The van der Waals surface area contributed by atoms with E-state index in [1.807, 2.05) is 35.2 Å². The molecule has 0 aliphatic carbocycles. The normalized spacial score (nSPS) is 15.6. The third kappa shape index (κ3) is 4.33. The fourth-order valence-electron chi connectivity index (χ4n) is 4.51. The van der Waals surface area contributed by atoms with Crippen LogP contribution in [-0.4, -0.2) is 66.5 Å². The van der Waals surface area contributed by atoms with Gasteiger partial charge in [-0.2, -0.15) is 9.40 Å². The highest BCUT2D eigenvalue weighted by Crippen LogP contribution is 2.28. The summed E-state index contributed by atoms with van der Waals surface area (Å²) >= 11 is 0. The Kier molecular flexibility index (Phi) is 5.91. The SMILES string of the molecule is Cc1n[nH]c(=O)c2c(NC(=O)CN3CCN(S(=O)(=O)c4ccc5ccccc5c4)CC3)oc(C)c12. The molecule has 35 heavy (non-hydrogen) atoms. The van der Waals surface area contributed by atoms with E-state index in [4.69, 9.17) is 4.42 Å². The number of carbonyl (C=O) groups is 1. The molecule has 0 spiro atoms. The lowest BCUT2D eigenvalue weighted by atomic mass is 10.1. The third-order valence-electron chi connectivity index (χ3n) is 6.31. The molecule has 5 rings (SSSR count). The molecule has 10 nitrogen and oxygen atoms in total. The molecule has 11 heteroatoms. The highest BCUT2D eigenvalue weighted by atomic mass is 32.2. The number of hydrogen-bond acceptors (Lipinski definition) is 7. The fourth-order valence-corrected chi connectivity index (χ4v) is 5.96. The number of fused-ring (bicyclic) bond motifs is 2. The Morgan fingerprint density at radius 3 is 2.51 bits per heavy atom. The number of nitrogens with zero attached hydrogens (tertiary/aromatic N) is 3. The molecule has 3 heterocycles. The fraction of sp³-hybridized carbons (Fsp3) is 0.292. The number of rotatable bonds is 5. The van der Waals surface area contributed by atoms with Gasteiger partial charge in [-0.25, -0.2) is 13.5 Å². The number of aromatic nitrogens is 2. The summed E-state index contributed by atoms with van der Waals surface area (Å²) in [6.45, 7) is 4.86. The summed E-state index contributed by atoms with van der Waals surface area (Å²) in [5.41, 5.74) is 0.162. The van der Waals surface area contributed by atoms with E-state index in [0.29, 0.717) is 29.9 Å². The van der Waals surface area contributed by atoms with Gasteiger partial charge in [-0.15, -0.1) is 0 Å². The van der Waals surface area contributed by atoms with Gasteiger partial charge in [-0.3, -0.25) is 19.8 Å². The van der Waals surface area contributed by atoms with Gasteiger partial charge in [-0.1, -0.05) is 30.3 Å². The lowest BCUT2D eigenvalue weighted by molar-refractivity contribution is -0.117. The molecule has 1 fully saturated rings. The van der Waals surface area contributed by atoms with E-state index < -0.39 is 15.6 Å². The Hall–Kier alpha value is -3.54. The summed E-state index contributed by atoms with van der Waals surface area (Å²) in [5.74, 6) is 0.242. The lowest BCUT2D eigenvalue weighted by Gasteiger charge is -2.33. The topological polar surface area (TPSA) is 129 Å². The molecule has 1 aliphatic rings. The molecule has 2 aromatic carbocycles. The van der Waals surface area contributed by atoms with Crippen LogP contribution in [0, 0.1) is 13.8 Å². The first-order valence-electron chi connectivity index (χ1n) is 11.2. The van der Waals surface area contributed by atoms with Crippen molar-refractivity contribution in [2.24, 2.45) is 0 Å². The van der Waals surface area contributed by atoms with Crippen molar-refractivity contribution in [2.45, 2.75) is 18.7 Å². The van der Waals surface area contributed by atoms with Crippen molar-refractivity contribution >= 4 is 43.4 Å². The van der Waals surface area contributed by atoms with Crippen LogP contribution in [-0.2, 0) is 14.8 Å². The summed E-state index contributed by atoms with van der Waals surface area (Å²) < 4.78 is 33.4. The first-order chi connectivity index (χ1) is 16.7. The number of furan rings is 1. The molecule has 2 N–H and O–H groups in total. The number of hydrogen-bond donors (Lipinski definition) is 2. The summed E-state index contributed by atoms with van der Waals surface area (Å²) in [4.78, 5) is 27.1. The van der Waals surface area contributed by atoms with Crippen molar-refractivity contribution in [3.8, 4) is 0 Å². The zero-order valence-corrected chi connectivity index (χ0v) is 20.2. The van der Waals surface area contributed by atoms with E-state index in [1.54, 1.807) is 26.0 Å². The van der Waals surface area contributed by atoms with E-state index in [2.05, 4.69) is 15.5 Å². The number of sulfonamides is 1. The highest BCUT2D eigenvalue weighted by molar-refractivity contribution is 7.89. The van der Waals surface area contributed by atoms with Crippen molar-refractivity contribution in [3.63, 3.8) is 0 Å². The van der Waals surface area contributed by atoms with Crippen LogP contribution in [0.15, 0.2) is 56.6 Å². The van der Waals surface area contributed by atoms with Gasteiger partial charge in [0, 0.05) is 26.2 Å². The number of aryl methyl sites for hydroxylation is 2. The number of carbonyl (C=O) groups excluding carboxylic acids is 1. The summed E-state index contributed by atoms with van der Waals surface area (Å²) in [7, 11) is -3.64. The molecular weight excluding hydrogens is 470 g/mol. The molecule has 1 saturated heterocycles. The molecule has 0 atom stereocenters. The van der Waals surface area contributed by atoms with Crippen LogP contribution in [0.4, 0.5) is 5.88 Å². The average molecular weight is 496 g/mol. The minimum atomic E-state index is -3.64. The smallest absolute Gasteiger partial charge is 0.277 e. The van der Waals surface area contributed by atoms with Crippen LogP contribution < -0.4 is 10.9 Å². The second-order valence-corrected chi connectivity index (χ2v) is 10.6. The van der Waals surface area contributed by atoms with E-state index in [-0.39, 0.29) is 41.7 Å². The Morgan fingerprint density at radius 2 is 1.77 bits per heavy atom. The van der Waals surface area contributed by atoms with E-state index in [0.717, 1.165) is 10.8 Å². The Balaban J connectivity index is 1.24. The monoisotopic (exact) mass is 495 g/mol. The minimum absolute atomic E-state index is 0.0487. The number of benzene rings is 2. The Labute approximate surface area is 201 Å². The largest absolute Gasteiger partial charge is 0.444 e. The van der Waals surface area contributed by atoms with E-state index in [9.17, 15) is 18.0 Å². The van der Waals surface area contributed by atoms with Crippen LogP contribution in [0.25, 0.3) is 21.5 Å². The molecule has 0 radical (unpaired) electrons. The maximum absolute atomic E-state index is 13.2. The first kappa shape index (κ1) is 23.2. The number of aromatic amines is 1. The van der Waals surface area contributed by atoms with Crippen molar-refractivity contribution in [1.29, 1.82) is 0 Å². The number of piperazine rings is 1. The maximum atomic E-state index is 13.2. The molecule has 2 aromatic heterocycles. The predicted molar refractivity (Wildman–Crippen MR) is 132 cm³/mol. The molecule has 0 unspecified atom stereocenters. The van der Waals surface area contributed by atoms with Crippen LogP contribution in [0.5, 0.6) is 0 Å². The molecule has 1 amide bonds. The van der Waals surface area contributed by atoms with E-state index in [1.165, 1.54) is 4.31 Å². The lowest BCUT2D eigenvalue weighted by Crippen LogP contribution is -2.50. The van der Waals surface area contributed by atoms with Crippen LogP contribution in [0.3, 0.4) is 0 Å². The molecule has 1 aliphatic heterocycles. The molecule has 0 saturated carbocycles. The number of amides is 1. The van der Waals surface area contributed by atoms with Crippen LogP contribution in [0.2, 0.25) is 0 Å². The van der Waals surface area contributed by atoms with Crippen molar-refractivity contribution in [3.05, 3.63) is 64.3 Å². The zero-order chi connectivity index (χ0) is 24.7. The van der Waals surface area contributed by atoms with Crippen molar-refractivity contribution < 1.29 is 17.6 Å². The second kappa shape index (κ2) is 8.91. The van der Waals surface area contributed by atoms with Gasteiger partial charge in [0.1, 0.15) is 11.1 Å². The number of nitrogens with one attached hydrogen (secondary N) is 2. The van der Waals surface area contributed by atoms with Crippen LogP contribution in [0.1, 0.15) is 11.5 Å². The predicted octanol–water partition coefficient (Wildman–Crippen LogP) is 2.23. The van der Waals surface area contributed by atoms with Gasteiger partial charge in [0.25, 0.3) is 5.56 Å². The summed E-state index contributed by atoms with van der Waals surface area (Å²) in [5, 5.41) is 11.7. The summed E-state index contributed by atoms with van der Waals surface area (Å²) in [6, 6.07) is 12.8. The van der Waals surface area contributed by atoms with Gasteiger partial charge in [0.2, 0.25) is 21.8 Å². The highest BCUT2D eigenvalue weighted by Gasteiger charge is 2.29. The second-order valence-electron chi connectivity index (χ2n) is 8.61. The Morgan fingerprint density at radius 1 is 1.06 bits per heavy atom. The average Bonchev–Trinajstić information content (AvgIpc) is 3.18. The van der Waals surface area contributed by atoms with Gasteiger partial charge in [0.05, 0.1) is 22.5 Å². The molecule has 182 valence electrons. The zero-order valence-electron chi connectivity index (χ0n) is 19.4. The summed E-state index contributed by atoms with van der Waals surface area (Å²) in [6.07, 6.45) is 0. The van der Waals surface area contributed by atoms with E-state index >= 15 is 0 Å². The molecular formula is C24H25N5O5S. The van der Waals surface area contributed by atoms with Gasteiger partial charge in [-0.05, 0) is 36.8 Å². The number of H-pyrrole nitrogens is 1. The van der Waals surface area contributed by atoms with Crippen molar-refractivity contribution in [2.75, 3.05) is 38.0 Å². The molecule has 0 bridgehead atoms. The third-order valence-corrected chi connectivity index (χ3v) is 8.20.